The summed E-state index contributed by atoms with van der Waals surface area (Å²) >= 11 is 1.75. The Labute approximate surface area is 92.8 Å². The number of thioether (sulfide) groups is 1. The van der Waals surface area contributed by atoms with Gasteiger partial charge in [0.25, 0.3) is 0 Å². The van der Waals surface area contributed by atoms with Crippen LogP contribution in [0.5, 0.6) is 0 Å². The summed E-state index contributed by atoms with van der Waals surface area (Å²) < 4.78 is 5.17. The van der Waals surface area contributed by atoms with Crippen LogP contribution < -0.4 is 10.6 Å². The first-order valence-electron chi connectivity index (χ1n) is 4.97. The Bertz CT molecular complexity index is 307. The SMILES string of the molecule is O=C(NCCc1ccco1)C1CSCN1. The molecule has 0 aliphatic carbocycles. The molecule has 1 saturated heterocycles. The third kappa shape index (κ3) is 3.00. The van der Waals surface area contributed by atoms with Gasteiger partial charge in [0.2, 0.25) is 5.91 Å². The van der Waals surface area contributed by atoms with Crippen molar-refractivity contribution in [1.29, 1.82) is 0 Å². The third-order valence-corrected chi connectivity index (χ3v) is 3.22. The van der Waals surface area contributed by atoms with Gasteiger partial charge in [0.15, 0.2) is 0 Å². The Hall–Kier alpha value is -0.940. The first kappa shape index (κ1) is 10.6. The summed E-state index contributed by atoms with van der Waals surface area (Å²) in [5.41, 5.74) is 0. The topological polar surface area (TPSA) is 54.3 Å². The van der Waals surface area contributed by atoms with Crippen molar-refractivity contribution in [1.82, 2.24) is 10.6 Å². The highest BCUT2D eigenvalue weighted by Crippen LogP contribution is 2.09. The van der Waals surface area contributed by atoms with Crippen LogP contribution >= 0.6 is 11.8 Å². The van der Waals surface area contributed by atoms with Crippen molar-refractivity contribution in [3.8, 4) is 0 Å². The molecular weight excluding hydrogens is 212 g/mol. The summed E-state index contributed by atoms with van der Waals surface area (Å²) in [7, 11) is 0. The Morgan fingerprint density at radius 3 is 3.33 bits per heavy atom. The molecule has 1 aromatic rings. The molecule has 1 unspecified atom stereocenters. The maximum Gasteiger partial charge on any atom is 0.238 e. The quantitative estimate of drug-likeness (QED) is 0.789. The van der Waals surface area contributed by atoms with E-state index >= 15 is 0 Å². The van der Waals surface area contributed by atoms with Crippen LogP contribution in [0.4, 0.5) is 0 Å². The van der Waals surface area contributed by atoms with Crippen molar-refractivity contribution in [2.24, 2.45) is 0 Å². The van der Waals surface area contributed by atoms with E-state index in [4.69, 9.17) is 4.42 Å². The van der Waals surface area contributed by atoms with Crippen LogP contribution in [0.3, 0.4) is 0 Å². The standard InChI is InChI=1S/C10H14N2O2S/c13-10(9-6-15-7-12-9)11-4-3-8-2-1-5-14-8/h1-2,5,9,12H,3-4,6-7H2,(H,11,13). The summed E-state index contributed by atoms with van der Waals surface area (Å²) in [4.78, 5) is 11.6. The van der Waals surface area contributed by atoms with Gasteiger partial charge in [-0.3, -0.25) is 10.1 Å². The summed E-state index contributed by atoms with van der Waals surface area (Å²) in [6.07, 6.45) is 2.39. The molecule has 1 atom stereocenters. The van der Waals surface area contributed by atoms with Crippen molar-refractivity contribution in [2.75, 3.05) is 18.2 Å². The summed E-state index contributed by atoms with van der Waals surface area (Å²) in [5.74, 6) is 2.73. The zero-order valence-corrected chi connectivity index (χ0v) is 9.18. The molecular formula is C10H14N2O2S. The number of carbonyl (C=O) groups excluding carboxylic acids is 1. The number of nitrogens with one attached hydrogen (secondary N) is 2. The molecule has 0 aromatic carbocycles. The highest BCUT2D eigenvalue weighted by molar-refractivity contribution is 7.99. The smallest absolute Gasteiger partial charge is 0.238 e. The predicted octanol–water partition coefficient (Wildman–Crippen LogP) is 0.601. The van der Waals surface area contributed by atoms with Crippen LogP contribution in [0.1, 0.15) is 5.76 Å². The maximum atomic E-state index is 11.6. The van der Waals surface area contributed by atoms with Crippen molar-refractivity contribution in [2.45, 2.75) is 12.5 Å². The molecule has 0 radical (unpaired) electrons. The number of carbonyl (C=O) groups is 1. The van der Waals surface area contributed by atoms with Crippen LogP contribution in [-0.4, -0.2) is 30.1 Å². The fourth-order valence-corrected chi connectivity index (χ4v) is 2.39. The monoisotopic (exact) mass is 226 g/mol. The van der Waals surface area contributed by atoms with E-state index < -0.39 is 0 Å². The van der Waals surface area contributed by atoms with Gasteiger partial charge in [-0.1, -0.05) is 0 Å². The fraction of sp³-hybridized carbons (Fsp3) is 0.500. The van der Waals surface area contributed by atoms with E-state index in [0.29, 0.717) is 6.54 Å². The van der Waals surface area contributed by atoms with Crippen molar-refractivity contribution < 1.29 is 9.21 Å². The van der Waals surface area contributed by atoms with E-state index in [1.54, 1.807) is 18.0 Å². The molecule has 5 heteroatoms. The molecule has 0 bridgehead atoms. The van der Waals surface area contributed by atoms with Crippen molar-refractivity contribution >= 4 is 17.7 Å². The van der Waals surface area contributed by atoms with Gasteiger partial charge >= 0.3 is 0 Å². The third-order valence-electron chi connectivity index (χ3n) is 2.28. The number of hydrogen-bond donors (Lipinski definition) is 2. The van der Waals surface area contributed by atoms with Crippen molar-refractivity contribution in [3.63, 3.8) is 0 Å². The van der Waals surface area contributed by atoms with Gasteiger partial charge in [0.1, 0.15) is 5.76 Å². The maximum absolute atomic E-state index is 11.6. The molecule has 1 aliphatic rings. The molecule has 0 spiro atoms. The first-order valence-corrected chi connectivity index (χ1v) is 6.13. The van der Waals surface area contributed by atoms with E-state index in [1.807, 2.05) is 12.1 Å². The molecule has 2 N–H and O–H groups in total. The molecule has 82 valence electrons. The number of amides is 1. The zero-order valence-electron chi connectivity index (χ0n) is 8.36. The van der Waals surface area contributed by atoms with Gasteiger partial charge in [-0.25, -0.2) is 0 Å². The van der Waals surface area contributed by atoms with Gasteiger partial charge < -0.3 is 9.73 Å². The minimum absolute atomic E-state index is 0.0217. The fourth-order valence-electron chi connectivity index (χ4n) is 1.45. The van der Waals surface area contributed by atoms with E-state index in [0.717, 1.165) is 23.8 Å². The molecule has 1 fully saturated rings. The van der Waals surface area contributed by atoms with Crippen LogP contribution in [-0.2, 0) is 11.2 Å². The van der Waals surface area contributed by atoms with Crippen molar-refractivity contribution in [3.05, 3.63) is 24.2 Å². The lowest BCUT2D eigenvalue weighted by Gasteiger charge is -2.09. The molecule has 2 rings (SSSR count). The van der Waals surface area contributed by atoms with Gasteiger partial charge in [-0.15, -0.1) is 11.8 Å². The first-order chi connectivity index (χ1) is 7.36. The second kappa shape index (κ2) is 5.23. The Morgan fingerprint density at radius 1 is 1.73 bits per heavy atom. The minimum atomic E-state index is -0.0217. The molecule has 1 amide bonds. The molecule has 1 aliphatic heterocycles. The second-order valence-electron chi connectivity index (χ2n) is 3.39. The highest BCUT2D eigenvalue weighted by atomic mass is 32.2. The molecule has 2 heterocycles. The number of hydrogen-bond acceptors (Lipinski definition) is 4. The normalized spacial score (nSPS) is 20.4. The van der Waals surface area contributed by atoms with E-state index in [-0.39, 0.29) is 11.9 Å². The van der Waals surface area contributed by atoms with Gasteiger partial charge in [0.05, 0.1) is 12.3 Å². The van der Waals surface area contributed by atoms with Crippen LogP contribution in [0, 0.1) is 0 Å². The Morgan fingerprint density at radius 2 is 2.67 bits per heavy atom. The van der Waals surface area contributed by atoms with Crippen LogP contribution in [0.2, 0.25) is 0 Å². The Kier molecular flexibility index (Phi) is 3.69. The summed E-state index contributed by atoms with van der Waals surface area (Å²) in [6.45, 7) is 0.634. The molecule has 0 saturated carbocycles. The summed E-state index contributed by atoms with van der Waals surface area (Å²) in [5, 5.41) is 6.02. The van der Waals surface area contributed by atoms with Crippen LogP contribution in [0.25, 0.3) is 0 Å². The lowest BCUT2D eigenvalue weighted by Crippen LogP contribution is -2.42. The molecule has 15 heavy (non-hydrogen) atoms. The van der Waals surface area contributed by atoms with E-state index in [2.05, 4.69) is 10.6 Å². The second-order valence-corrected chi connectivity index (χ2v) is 4.42. The lowest BCUT2D eigenvalue weighted by atomic mass is 10.3. The minimum Gasteiger partial charge on any atom is -0.469 e. The lowest BCUT2D eigenvalue weighted by molar-refractivity contribution is -0.122. The average molecular weight is 226 g/mol. The molecule has 1 aromatic heterocycles. The van der Waals surface area contributed by atoms with E-state index in [9.17, 15) is 4.79 Å². The number of rotatable bonds is 4. The highest BCUT2D eigenvalue weighted by Gasteiger charge is 2.21. The summed E-state index contributed by atoms with van der Waals surface area (Å²) in [6, 6.07) is 3.74. The van der Waals surface area contributed by atoms with E-state index in [1.165, 1.54) is 0 Å². The Balaban J connectivity index is 1.67. The average Bonchev–Trinajstić information content (AvgIpc) is 2.90. The van der Waals surface area contributed by atoms with Gasteiger partial charge in [-0.05, 0) is 12.1 Å². The largest absolute Gasteiger partial charge is 0.469 e. The van der Waals surface area contributed by atoms with Gasteiger partial charge in [0, 0.05) is 24.6 Å². The predicted molar refractivity (Wildman–Crippen MR) is 59.7 cm³/mol. The van der Waals surface area contributed by atoms with Crippen LogP contribution in [0.15, 0.2) is 22.8 Å². The zero-order chi connectivity index (χ0) is 10.5. The van der Waals surface area contributed by atoms with Gasteiger partial charge in [-0.2, -0.15) is 0 Å². The number of furan rings is 1. The molecule has 4 nitrogen and oxygen atoms in total.